The number of benzene rings is 3. The lowest BCUT2D eigenvalue weighted by Gasteiger charge is -2.37. The number of sulfone groups is 1. The normalized spacial score (nSPS) is 16.2. The standard InChI is InChI=1S/C36H39ClN8O3S/c1-43-24-27(22-40-43)26-13-17-29(18-14-26)45(36(46)39-21-25-9-5-4-6-10-25)30-19-15-28(16-20-30)41-35-38-23-31(37)34(42-35)44(2)32-11-7-8-12-33(32)49(3,47)48/h4-14,17-18,22-24,28,30H,15-16,19-21H2,1-3H3,(H,39,46)(H,38,41,42)/t28-,30-. The number of aryl methyl sites for hydroxylation is 1. The summed E-state index contributed by atoms with van der Waals surface area (Å²) < 4.78 is 26.7. The smallest absolute Gasteiger partial charge is 0.322 e. The van der Waals surface area contributed by atoms with Gasteiger partial charge in [-0.15, -0.1) is 0 Å². The average Bonchev–Trinajstić information content (AvgIpc) is 3.55. The molecule has 0 bridgehead atoms. The van der Waals surface area contributed by atoms with E-state index in [1.165, 1.54) is 12.5 Å². The maximum absolute atomic E-state index is 13.8. The predicted octanol–water partition coefficient (Wildman–Crippen LogP) is 6.84. The number of halogens is 1. The molecule has 254 valence electrons. The van der Waals surface area contributed by atoms with Gasteiger partial charge in [0.25, 0.3) is 0 Å². The van der Waals surface area contributed by atoms with Crippen LogP contribution in [0.1, 0.15) is 31.2 Å². The number of carbonyl (C=O) groups excluding carboxylic acids is 1. The SMILES string of the molecule is CN(c1ccccc1S(C)(=O)=O)c1nc(N[C@H]2CC[C@H](N(C(=O)NCc3ccccc3)c3ccc(-c4cnn(C)c4)cc3)CC2)ncc1Cl. The molecule has 2 aromatic heterocycles. The van der Waals surface area contributed by atoms with E-state index in [-0.39, 0.29) is 23.0 Å². The van der Waals surface area contributed by atoms with Gasteiger partial charge >= 0.3 is 6.03 Å². The van der Waals surface area contributed by atoms with E-state index in [4.69, 9.17) is 11.6 Å². The predicted molar refractivity (Wildman–Crippen MR) is 194 cm³/mol. The van der Waals surface area contributed by atoms with Crippen molar-refractivity contribution >= 4 is 50.6 Å². The summed E-state index contributed by atoms with van der Waals surface area (Å²) in [4.78, 5) is 26.6. The third-order valence-corrected chi connectivity index (χ3v) is 10.2. The molecular formula is C36H39ClN8O3S. The van der Waals surface area contributed by atoms with Gasteiger partial charge in [-0.3, -0.25) is 9.58 Å². The minimum Gasteiger partial charge on any atom is -0.351 e. The molecule has 49 heavy (non-hydrogen) atoms. The van der Waals surface area contributed by atoms with Crippen molar-refractivity contribution in [3.8, 4) is 11.1 Å². The van der Waals surface area contributed by atoms with Gasteiger partial charge in [-0.2, -0.15) is 10.1 Å². The van der Waals surface area contributed by atoms with E-state index in [0.717, 1.165) is 48.1 Å². The van der Waals surface area contributed by atoms with E-state index in [0.29, 0.717) is 29.0 Å². The molecule has 1 aliphatic carbocycles. The molecule has 6 rings (SSSR count). The number of aromatic nitrogens is 4. The van der Waals surface area contributed by atoms with E-state index in [1.807, 2.05) is 78.9 Å². The third-order valence-electron chi connectivity index (χ3n) is 8.75. The van der Waals surface area contributed by atoms with Crippen molar-refractivity contribution in [1.29, 1.82) is 0 Å². The topological polar surface area (TPSA) is 125 Å². The van der Waals surface area contributed by atoms with Crippen LogP contribution in [0, 0.1) is 0 Å². The first kappa shape index (κ1) is 33.9. The van der Waals surface area contributed by atoms with Crippen LogP contribution >= 0.6 is 11.6 Å². The molecule has 0 aliphatic heterocycles. The first-order chi connectivity index (χ1) is 23.6. The maximum atomic E-state index is 13.8. The number of nitrogens with zero attached hydrogens (tertiary/aromatic N) is 6. The second kappa shape index (κ2) is 14.7. The van der Waals surface area contributed by atoms with Crippen LogP contribution in [0.2, 0.25) is 5.02 Å². The van der Waals surface area contributed by atoms with Crippen molar-refractivity contribution < 1.29 is 13.2 Å². The Morgan fingerprint density at radius 3 is 2.31 bits per heavy atom. The van der Waals surface area contributed by atoms with Gasteiger partial charge in [-0.25, -0.2) is 18.2 Å². The van der Waals surface area contributed by atoms with Crippen molar-refractivity contribution in [2.45, 2.75) is 49.2 Å². The van der Waals surface area contributed by atoms with Gasteiger partial charge < -0.3 is 15.5 Å². The molecule has 1 aliphatic rings. The molecule has 2 heterocycles. The molecule has 1 saturated carbocycles. The lowest BCUT2D eigenvalue weighted by Crippen LogP contribution is -2.48. The highest BCUT2D eigenvalue weighted by Gasteiger charge is 2.31. The lowest BCUT2D eigenvalue weighted by atomic mass is 9.90. The zero-order valence-electron chi connectivity index (χ0n) is 27.6. The summed E-state index contributed by atoms with van der Waals surface area (Å²) in [6, 6.07) is 24.6. The first-order valence-corrected chi connectivity index (χ1v) is 18.4. The summed E-state index contributed by atoms with van der Waals surface area (Å²) in [7, 11) is 0.136. The molecule has 0 radical (unpaired) electrons. The number of carbonyl (C=O) groups is 1. The molecule has 2 amide bonds. The molecule has 3 aromatic carbocycles. The van der Waals surface area contributed by atoms with Gasteiger partial charge in [0.05, 0.1) is 23.0 Å². The van der Waals surface area contributed by atoms with Crippen molar-refractivity contribution in [2.75, 3.05) is 28.4 Å². The van der Waals surface area contributed by atoms with E-state index < -0.39 is 9.84 Å². The molecule has 0 saturated heterocycles. The number of amides is 2. The molecule has 13 heteroatoms. The highest BCUT2D eigenvalue weighted by molar-refractivity contribution is 7.90. The molecule has 0 unspecified atom stereocenters. The van der Waals surface area contributed by atoms with E-state index in [9.17, 15) is 13.2 Å². The number of para-hydroxylation sites is 1. The summed E-state index contributed by atoms with van der Waals surface area (Å²) in [5, 5.41) is 11.2. The number of urea groups is 1. The molecule has 2 N–H and O–H groups in total. The van der Waals surface area contributed by atoms with Crippen LogP contribution in [0.5, 0.6) is 0 Å². The largest absolute Gasteiger partial charge is 0.351 e. The van der Waals surface area contributed by atoms with Crippen LogP contribution in [0.15, 0.2) is 102 Å². The second-order valence-corrected chi connectivity index (χ2v) is 14.7. The Hall–Kier alpha value is -4.94. The zero-order chi connectivity index (χ0) is 34.5. The molecule has 0 spiro atoms. The number of nitrogens with one attached hydrogen (secondary N) is 2. The maximum Gasteiger partial charge on any atom is 0.322 e. The van der Waals surface area contributed by atoms with Crippen LogP contribution < -0.4 is 20.4 Å². The number of hydrogen-bond acceptors (Lipinski definition) is 8. The number of hydrogen-bond donors (Lipinski definition) is 2. The van der Waals surface area contributed by atoms with Crippen molar-refractivity contribution in [3.05, 3.63) is 108 Å². The van der Waals surface area contributed by atoms with Crippen molar-refractivity contribution in [3.63, 3.8) is 0 Å². The van der Waals surface area contributed by atoms with Crippen LogP contribution in [-0.2, 0) is 23.4 Å². The lowest BCUT2D eigenvalue weighted by molar-refractivity contribution is 0.240. The van der Waals surface area contributed by atoms with E-state index >= 15 is 0 Å². The fourth-order valence-corrected chi connectivity index (χ4v) is 7.35. The molecule has 0 atom stereocenters. The fourth-order valence-electron chi connectivity index (χ4n) is 6.22. The van der Waals surface area contributed by atoms with Gasteiger partial charge in [0.1, 0.15) is 5.02 Å². The Labute approximate surface area is 291 Å². The minimum absolute atomic E-state index is 0.0154. The Balaban J connectivity index is 1.16. The van der Waals surface area contributed by atoms with Gasteiger partial charge in [0.2, 0.25) is 5.95 Å². The number of anilines is 4. The van der Waals surface area contributed by atoms with Crippen LogP contribution in [-0.4, -0.2) is 59.6 Å². The van der Waals surface area contributed by atoms with Gasteiger partial charge in [-0.05, 0) is 61.1 Å². The zero-order valence-corrected chi connectivity index (χ0v) is 29.2. The highest BCUT2D eigenvalue weighted by atomic mass is 35.5. The average molecular weight is 699 g/mol. The first-order valence-electron chi connectivity index (χ1n) is 16.1. The summed E-state index contributed by atoms with van der Waals surface area (Å²) in [6.07, 6.45) is 9.60. The summed E-state index contributed by atoms with van der Waals surface area (Å²) in [5.74, 6) is 0.787. The molecule has 11 nitrogen and oxygen atoms in total. The minimum atomic E-state index is -3.48. The van der Waals surface area contributed by atoms with Crippen LogP contribution in [0.4, 0.5) is 27.9 Å². The van der Waals surface area contributed by atoms with Crippen molar-refractivity contribution in [2.24, 2.45) is 7.05 Å². The highest BCUT2D eigenvalue weighted by Crippen LogP contribution is 2.34. The molecule has 5 aromatic rings. The second-order valence-electron chi connectivity index (χ2n) is 12.3. The van der Waals surface area contributed by atoms with Crippen LogP contribution in [0.3, 0.4) is 0 Å². The Kier molecular flexibility index (Phi) is 10.2. The fraction of sp³-hybridized carbons (Fsp3) is 0.278. The number of rotatable bonds is 10. The third kappa shape index (κ3) is 8.03. The molecular weight excluding hydrogens is 660 g/mol. The van der Waals surface area contributed by atoms with E-state index in [1.54, 1.807) is 40.9 Å². The molecule has 1 fully saturated rings. The summed E-state index contributed by atoms with van der Waals surface area (Å²) >= 11 is 6.51. The summed E-state index contributed by atoms with van der Waals surface area (Å²) in [5.41, 5.74) is 4.37. The van der Waals surface area contributed by atoms with Gasteiger partial charge in [-0.1, -0.05) is 66.2 Å². The van der Waals surface area contributed by atoms with E-state index in [2.05, 4.69) is 25.7 Å². The van der Waals surface area contributed by atoms with Gasteiger partial charge in [0.15, 0.2) is 15.7 Å². The monoisotopic (exact) mass is 698 g/mol. The Morgan fingerprint density at radius 1 is 0.939 bits per heavy atom. The van der Waals surface area contributed by atoms with Gasteiger partial charge in [0, 0.05) is 56.4 Å². The van der Waals surface area contributed by atoms with Crippen molar-refractivity contribution in [1.82, 2.24) is 25.1 Å². The van der Waals surface area contributed by atoms with Crippen LogP contribution in [0.25, 0.3) is 11.1 Å². The Bertz CT molecular complexity index is 2010. The Morgan fingerprint density at radius 2 is 1.63 bits per heavy atom. The summed E-state index contributed by atoms with van der Waals surface area (Å²) in [6.45, 7) is 0.431. The quantitative estimate of drug-likeness (QED) is 0.162.